The van der Waals surface area contributed by atoms with Gasteiger partial charge in [-0.3, -0.25) is 4.79 Å². The number of hydrogen-bond donors (Lipinski definition) is 0. The highest BCUT2D eigenvalue weighted by atomic mass is 35.5. The zero-order chi connectivity index (χ0) is 19.4. The molecule has 1 amide bonds. The minimum Gasteiger partial charge on any atom is -0.496 e. The molecule has 0 saturated heterocycles. The summed E-state index contributed by atoms with van der Waals surface area (Å²) in [5.41, 5.74) is 3.77. The van der Waals surface area contributed by atoms with E-state index in [4.69, 9.17) is 16.3 Å². The van der Waals surface area contributed by atoms with E-state index in [9.17, 15) is 4.79 Å². The smallest absolute Gasteiger partial charge is 0.222 e. The molecule has 0 saturated carbocycles. The second-order valence-electron chi connectivity index (χ2n) is 6.50. The van der Waals surface area contributed by atoms with Crippen LogP contribution in [0.4, 0.5) is 0 Å². The average Bonchev–Trinajstić information content (AvgIpc) is 2.68. The Bertz CT molecular complexity index is 972. The highest BCUT2D eigenvalue weighted by molar-refractivity contribution is 6.30. The molecule has 0 aliphatic rings. The van der Waals surface area contributed by atoms with Crippen molar-refractivity contribution in [2.75, 3.05) is 7.11 Å². The fourth-order valence-electron chi connectivity index (χ4n) is 3.18. The number of para-hydroxylation sites is 2. The molecule has 4 nitrogen and oxygen atoms in total. The predicted molar refractivity (Wildman–Crippen MR) is 109 cm³/mol. The van der Waals surface area contributed by atoms with Crippen LogP contribution in [0.3, 0.4) is 0 Å². The molecule has 0 aliphatic heterocycles. The molecule has 1 aromatic heterocycles. The van der Waals surface area contributed by atoms with Crippen LogP contribution in [-0.2, 0) is 17.9 Å². The van der Waals surface area contributed by atoms with Gasteiger partial charge in [0.05, 0.1) is 12.6 Å². The van der Waals surface area contributed by atoms with Gasteiger partial charge in [0.25, 0.3) is 0 Å². The van der Waals surface area contributed by atoms with Crippen LogP contribution in [0.2, 0.25) is 5.15 Å². The Morgan fingerprint density at radius 3 is 2.59 bits per heavy atom. The lowest BCUT2D eigenvalue weighted by Gasteiger charge is -2.24. The summed E-state index contributed by atoms with van der Waals surface area (Å²) in [7, 11) is 1.64. The van der Waals surface area contributed by atoms with E-state index < -0.39 is 0 Å². The van der Waals surface area contributed by atoms with E-state index in [0.29, 0.717) is 24.7 Å². The molecule has 0 unspecified atom stereocenters. The lowest BCUT2D eigenvalue weighted by molar-refractivity contribution is -0.132. The highest BCUT2D eigenvalue weighted by Gasteiger charge is 2.17. The van der Waals surface area contributed by atoms with Gasteiger partial charge in [-0.1, -0.05) is 54.9 Å². The Balaban J connectivity index is 1.94. The summed E-state index contributed by atoms with van der Waals surface area (Å²) in [6.07, 6.45) is 0.423. The van der Waals surface area contributed by atoms with Crippen molar-refractivity contribution < 1.29 is 9.53 Å². The van der Waals surface area contributed by atoms with E-state index in [0.717, 1.165) is 33.3 Å². The molecule has 0 atom stereocenters. The number of carbonyl (C=O) groups excluding carboxylic acids is 1. The Hall–Kier alpha value is -2.59. The van der Waals surface area contributed by atoms with E-state index >= 15 is 0 Å². The molecule has 0 bridgehead atoms. The minimum absolute atomic E-state index is 0.0568. The summed E-state index contributed by atoms with van der Waals surface area (Å²) < 4.78 is 5.43. The molecule has 0 fully saturated rings. The van der Waals surface area contributed by atoms with Crippen molar-refractivity contribution in [2.24, 2.45) is 0 Å². The zero-order valence-corrected chi connectivity index (χ0v) is 16.6. The maximum Gasteiger partial charge on any atom is 0.222 e. The van der Waals surface area contributed by atoms with Crippen molar-refractivity contribution >= 4 is 28.4 Å². The summed E-state index contributed by atoms with van der Waals surface area (Å²) in [5, 5.41) is 1.46. The number of fused-ring (bicyclic) bond motifs is 1. The molecule has 140 valence electrons. The van der Waals surface area contributed by atoms with Crippen molar-refractivity contribution in [3.05, 3.63) is 70.4 Å². The van der Waals surface area contributed by atoms with Crippen LogP contribution in [0.15, 0.2) is 48.5 Å². The van der Waals surface area contributed by atoms with Gasteiger partial charge >= 0.3 is 0 Å². The van der Waals surface area contributed by atoms with Crippen LogP contribution in [0, 0.1) is 6.92 Å². The quantitative estimate of drug-likeness (QED) is 0.554. The van der Waals surface area contributed by atoms with E-state index in [1.165, 1.54) is 0 Å². The molecule has 0 radical (unpaired) electrons. The minimum atomic E-state index is 0.0568. The molecule has 2 aromatic carbocycles. The summed E-state index contributed by atoms with van der Waals surface area (Å²) >= 11 is 6.45. The summed E-state index contributed by atoms with van der Waals surface area (Å²) in [5.74, 6) is 0.825. The van der Waals surface area contributed by atoms with E-state index in [1.807, 2.05) is 62.4 Å². The third kappa shape index (κ3) is 4.22. The third-order valence-electron chi connectivity index (χ3n) is 4.64. The lowest BCUT2D eigenvalue weighted by Crippen LogP contribution is -2.29. The van der Waals surface area contributed by atoms with Gasteiger partial charge in [-0.05, 0) is 24.6 Å². The Morgan fingerprint density at radius 2 is 1.85 bits per heavy atom. The van der Waals surface area contributed by atoms with Gasteiger partial charge in [0.1, 0.15) is 10.9 Å². The van der Waals surface area contributed by atoms with Crippen LogP contribution in [-0.4, -0.2) is 22.9 Å². The van der Waals surface area contributed by atoms with Crippen LogP contribution < -0.4 is 4.74 Å². The first-order chi connectivity index (χ1) is 13.0. The first kappa shape index (κ1) is 19.2. The van der Waals surface area contributed by atoms with Gasteiger partial charge in [-0.15, -0.1) is 0 Å². The maximum atomic E-state index is 12.6. The van der Waals surface area contributed by atoms with Crippen LogP contribution in [0.25, 0.3) is 10.9 Å². The fourth-order valence-corrected chi connectivity index (χ4v) is 3.38. The molecule has 5 heteroatoms. The number of rotatable bonds is 6. The number of ether oxygens (including phenoxy) is 1. The fraction of sp³-hybridized carbons (Fsp3) is 0.273. The molecule has 1 heterocycles. The summed E-state index contributed by atoms with van der Waals surface area (Å²) in [6.45, 7) is 4.74. The Kier molecular flexibility index (Phi) is 5.97. The number of hydrogen-bond acceptors (Lipinski definition) is 3. The van der Waals surface area contributed by atoms with Gasteiger partial charge in [-0.2, -0.15) is 0 Å². The van der Waals surface area contributed by atoms with E-state index in [-0.39, 0.29) is 5.91 Å². The van der Waals surface area contributed by atoms with Gasteiger partial charge in [0.2, 0.25) is 5.91 Å². The van der Waals surface area contributed by atoms with Crippen molar-refractivity contribution in [1.29, 1.82) is 0 Å². The Morgan fingerprint density at radius 1 is 1.11 bits per heavy atom. The second-order valence-corrected chi connectivity index (χ2v) is 6.86. The molecular weight excluding hydrogens is 360 g/mol. The maximum absolute atomic E-state index is 12.6. The number of nitrogens with zero attached hydrogens (tertiary/aromatic N) is 2. The number of carbonyl (C=O) groups is 1. The number of amides is 1. The zero-order valence-electron chi connectivity index (χ0n) is 15.8. The first-order valence-corrected chi connectivity index (χ1v) is 9.35. The SMILES string of the molecule is CCC(=O)N(Cc1ccccc1OC)Cc1cc2cccc(C)c2nc1Cl. The topological polar surface area (TPSA) is 42.4 Å². The number of aryl methyl sites for hydroxylation is 1. The molecule has 27 heavy (non-hydrogen) atoms. The average molecular weight is 383 g/mol. The summed E-state index contributed by atoms with van der Waals surface area (Å²) in [4.78, 5) is 18.9. The van der Waals surface area contributed by atoms with Crippen molar-refractivity contribution in [1.82, 2.24) is 9.88 Å². The van der Waals surface area contributed by atoms with Gasteiger partial charge < -0.3 is 9.64 Å². The number of pyridine rings is 1. The first-order valence-electron chi connectivity index (χ1n) is 8.98. The highest BCUT2D eigenvalue weighted by Crippen LogP contribution is 2.26. The normalized spacial score (nSPS) is 10.8. The molecule has 3 aromatic rings. The van der Waals surface area contributed by atoms with Crippen LogP contribution in [0.5, 0.6) is 5.75 Å². The molecule has 3 rings (SSSR count). The molecule has 0 aliphatic carbocycles. The predicted octanol–water partition coefficient (Wildman–Crippen LogP) is 5.14. The van der Waals surface area contributed by atoms with Crippen LogP contribution >= 0.6 is 11.6 Å². The van der Waals surface area contributed by atoms with Gasteiger partial charge in [-0.25, -0.2) is 4.98 Å². The van der Waals surface area contributed by atoms with Crippen molar-refractivity contribution in [2.45, 2.75) is 33.4 Å². The van der Waals surface area contributed by atoms with Crippen molar-refractivity contribution in [3.8, 4) is 5.75 Å². The third-order valence-corrected chi connectivity index (χ3v) is 4.97. The number of halogens is 1. The van der Waals surface area contributed by atoms with E-state index in [1.54, 1.807) is 12.0 Å². The van der Waals surface area contributed by atoms with Crippen molar-refractivity contribution in [3.63, 3.8) is 0 Å². The molecule has 0 N–H and O–H groups in total. The summed E-state index contributed by atoms with van der Waals surface area (Å²) in [6, 6.07) is 15.8. The largest absolute Gasteiger partial charge is 0.496 e. The lowest BCUT2D eigenvalue weighted by atomic mass is 10.1. The van der Waals surface area contributed by atoms with Gasteiger partial charge in [0, 0.05) is 36.0 Å². The van der Waals surface area contributed by atoms with Gasteiger partial charge in [0.15, 0.2) is 0 Å². The second kappa shape index (κ2) is 8.40. The number of methoxy groups -OCH3 is 1. The molecule has 0 spiro atoms. The molecular formula is C22H23ClN2O2. The number of benzene rings is 2. The Labute approximate surface area is 164 Å². The van der Waals surface area contributed by atoms with E-state index in [2.05, 4.69) is 4.98 Å². The van der Waals surface area contributed by atoms with Crippen LogP contribution in [0.1, 0.15) is 30.0 Å². The number of aromatic nitrogens is 1. The standard InChI is InChI=1S/C22H23ClN2O2/c1-4-20(26)25(13-17-9-5-6-11-19(17)27-3)14-18-12-16-10-7-8-15(2)21(16)24-22(18)23/h5-12H,4,13-14H2,1-3H3. The monoisotopic (exact) mass is 382 g/mol.